The zero-order valence-corrected chi connectivity index (χ0v) is 32.0. The van der Waals surface area contributed by atoms with Crippen LogP contribution in [-0.2, 0) is 0 Å². The van der Waals surface area contributed by atoms with Gasteiger partial charge in [0.05, 0.1) is 22.2 Å². The Kier molecular flexibility index (Phi) is 7.54. The summed E-state index contributed by atoms with van der Waals surface area (Å²) in [4.78, 5) is 10.6. The number of aromatic nitrogens is 3. The molecule has 274 valence electrons. The molecule has 2 aromatic heterocycles. The van der Waals surface area contributed by atoms with Gasteiger partial charge in [-0.3, -0.25) is 0 Å². The van der Waals surface area contributed by atoms with Crippen LogP contribution in [-0.4, -0.2) is 14.5 Å². The van der Waals surface area contributed by atoms with Gasteiger partial charge in [0.25, 0.3) is 0 Å². The van der Waals surface area contributed by atoms with Gasteiger partial charge in [-0.2, -0.15) is 0 Å². The Morgan fingerprint density at radius 2 is 0.881 bits per heavy atom. The number of hydrogen-bond donors (Lipinski definition) is 0. The van der Waals surface area contributed by atoms with Crippen LogP contribution in [0.1, 0.15) is 0 Å². The minimum atomic E-state index is 0.698. The van der Waals surface area contributed by atoms with E-state index < -0.39 is 0 Å². The van der Waals surface area contributed by atoms with Crippen molar-refractivity contribution in [2.45, 2.75) is 0 Å². The summed E-state index contributed by atoms with van der Waals surface area (Å²) in [5, 5.41) is 11.0. The van der Waals surface area contributed by atoms with Gasteiger partial charge in [-0.25, -0.2) is 9.97 Å². The van der Waals surface area contributed by atoms with E-state index in [0.717, 1.165) is 39.0 Å². The average Bonchev–Trinajstić information content (AvgIpc) is 3.64. The zero-order chi connectivity index (χ0) is 38.9. The molecule has 0 aliphatic rings. The van der Waals surface area contributed by atoms with E-state index in [0.29, 0.717) is 5.82 Å². The molecule has 12 rings (SSSR count). The van der Waals surface area contributed by atoms with Crippen LogP contribution in [0.2, 0.25) is 0 Å². The first-order valence-corrected chi connectivity index (χ1v) is 20.1. The minimum absolute atomic E-state index is 0.698. The summed E-state index contributed by atoms with van der Waals surface area (Å²) >= 11 is 0. The first-order chi connectivity index (χ1) is 29.2. The van der Waals surface area contributed by atoms with Crippen LogP contribution in [0, 0.1) is 0 Å². The smallest absolute Gasteiger partial charge is 0.160 e. The Morgan fingerprint density at radius 1 is 0.305 bits per heavy atom. The molecule has 59 heavy (non-hydrogen) atoms. The molecule has 0 amide bonds. The molecule has 12 aromatic rings. The van der Waals surface area contributed by atoms with Gasteiger partial charge in [0.2, 0.25) is 0 Å². The van der Waals surface area contributed by atoms with E-state index in [1.807, 2.05) is 0 Å². The molecule has 0 N–H and O–H groups in total. The van der Waals surface area contributed by atoms with Crippen molar-refractivity contribution in [3.05, 3.63) is 212 Å². The predicted octanol–water partition coefficient (Wildman–Crippen LogP) is 14.9. The van der Waals surface area contributed by atoms with Crippen molar-refractivity contribution < 1.29 is 0 Å². The van der Waals surface area contributed by atoms with Gasteiger partial charge in [0.1, 0.15) is 0 Å². The molecule has 3 nitrogen and oxygen atoms in total. The lowest BCUT2D eigenvalue weighted by Gasteiger charge is -2.13. The molecule has 0 radical (unpaired) electrons. The summed E-state index contributed by atoms with van der Waals surface area (Å²) in [7, 11) is 0. The van der Waals surface area contributed by atoms with Gasteiger partial charge < -0.3 is 4.57 Å². The van der Waals surface area contributed by atoms with Gasteiger partial charge in [-0.1, -0.05) is 152 Å². The van der Waals surface area contributed by atoms with E-state index in [9.17, 15) is 0 Å². The molecule has 0 spiro atoms. The topological polar surface area (TPSA) is 30.7 Å². The van der Waals surface area contributed by atoms with Crippen molar-refractivity contribution in [1.29, 1.82) is 0 Å². The summed E-state index contributed by atoms with van der Waals surface area (Å²) in [6.07, 6.45) is 0. The molecule has 0 bridgehead atoms. The van der Waals surface area contributed by atoms with Crippen molar-refractivity contribution in [3.8, 4) is 50.6 Å². The maximum Gasteiger partial charge on any atom is 0.160 e. The van der Waals surface area contributed by atoms with Gasteiger partial charge >= 0.3 is 0 Å². The lowest BCUT2D eigenvalue weighted by atomic mass is 9.97. The highest BCUT2D eigenvalue weighted by Gasteiger charge is 2.18. The lowest BCUT2D eigenvalue weighted by molar-refractivity contribution is 1.18. The monoisotopic (exact) mass is 749 g/mol. The molecule has 10 aromatic carbocycles. The molecular weight excluding hydrogens is 715 g/mol. The third-order valence-electron chi connectivity index (χ3n) is 11.9. The number of hydrogen-bond acceptors (Lipinski definition) is 2. The maximum absolute atomic E-state index is 5.37. The fourth-order valence-electron chi connectivity index (χ4n) is 8.99. The maximum atomic E-state index is 5.37. The first-order valence-electron chi connectivity index (χ1n) is 20.1. The molecule has 2 heterocycles. The second-order valence-corrected chi connectivity index (χ2v) is 15.4. The van der Waals surface area contributed by atoms with Crippen LogP contribution in [0.15, 0.2) is 212 Å². The standard InChI is InChI=1S/C56H35N3/c1-2-10-36(11-3-1)38-18-21-40(22-19-38)55-49-33-46(45-23-20-37-12-4-5-14-42(37)32-45)26-30-51(49)57-56(58-55)41-24-28-47(29-25-41)59-52-31-27-39-13-8-9-17-48(39)54(52)50-34-43-15-6-7-16-44(43)35-53(50)59/h1-35H. The second kappa shape index (κ2) is 13.4. The molecule has 0 unspecified atom stereocenters. The van der Waals surface area contributed by atoms with Crippen LogP contribution in [0.25, 0.3) is 116 Å². The Labute approximate surface area is 341 Å². The van der Waals surface area contributed by atoms with E-state index in [2.05, 4.69) is 217 Å². The SMILES string of the molecule is c1ccc(-c2ccc(-c3nc(-c4ccc(-n5c6cc7ccccc7cc6c6c7ccccc7ccc65)cc4)nc4ccc(-c5ccc6ccccc6c5)cc34)cc2)cc1. The first kappa shape index (κ1) is 33.3. The van der Waals surface area contributed by atoms with Crippen LogP contribution >= 0.6 is 0 Å². The van der Waals surface area contributed by atoms with E-state index in [1.54, 1.807) is 0 Å². The molecule has 0 aliphatic heterocycles. The van der Waals surface area contributed by atoms with Crippen molar-refractivity contribution in [1.82, 2.24) is 14.5 Å². The van der Waals surface area contributed by atoms with E-state index in [1.165, 1.54) is 70.8 Å². The van der Waals surface area contributed by atoms with Crippen LogP contribution < -0.4 is 0 Å². The Balaban J connectivity index is 1.01. The van der Waals surface area contributed by atoms with Crippen molar-refractivity contribution in [2.24, 2.45) is 0 Å². The Hall–Kier alpha value is -7.88. The van der Waals surface area contributed by atoms with Crippen LogP contribution in [0.5, 0.6) is 0 Å². The molecule has 0 aliphatic carbocycles. The highest BCUT2D eigenvalue weighted by molar-refractivity contribution is 6.23. The highest BCUT2D eigenvalue weighted by atomic mass is 15.0. The molecule has 0 saturated heterocycles. The molecule has 0 saturated carbocycles. The third-order valence-corrected chi connectivity index (χ3v) is 11.9. The van der Waals surface area contributed by atoms with Crippen LogP contribution in [0.4, 0.5) is 0 Å². The summed E-state index contributed by atoms with van der Waals surface area (Å²) < 4.78 is 2.41. The number of benzene rings is 10. The van der Waals surface area contributed by atoms with Crippen molar-refractivity contribution >= 4 is 65.0 Å². The van der Waals surface area contributed by atoms with Gasteiger partial charge in [0.15, 0.2) is 5.82 Å². The quantitative estimate of drug-likeness (QED) is 0.175. The molecule has 3 heteroatoms. The lowest BCUT2D eigenvalue weighted by Crippen LogP contribution is -1.97. The summed E-state index contributed by atoms with van der Waals surface area (Å²) in [6.45, 7) is 0. The van der Waals surface area contributed by atoms with Crippen molar-refractivity contribution in [2.75, 3.05) is 0 Å². The molecular formula is C56H35N3. The number of fused-ring (bicyclic) bond motifs is 8. The minimum Gasteiger partial charge on any atom is -0.309 e. The predicted molar refractivity (Wildman–Crippen MR) is 248 cm³/mol. The zero-order valence-electron chi connectivity index (χ0n) is 32.0. The normalized spacial score (nSPS) is 11.7. The van der Waals surface area contributed by atoms with Crippen LogP contribution in [0.3, 0.4) is 0 Å². The summed E-state index contributed by atoms with van der Waals surface area (Å²) in [5.41, 5.74) is 12.0. The van der Waals surface area contributed by atoms with Crippen molar-refractivity contribution in [3.63, 3.8) is 0 Å². The third kappa shape index (κ3) is 5.59. The Bertz CT molecular complexity index is 3580. The molecule has 0 fully saturated rings. The number of rotatable bonds is 5. The van der Waals surface area contributed by atoms with E-state index >= 15 is 0 Å². The van der Waals surface area contributed by atoms with Gasteiger partial charge in [-0.05, 0) is 115 Å². The fraction of sp³-hybridized carbons (Fsp3) is 0. The fourth-order valence-corrected chi connectivity index (χ4v) is 8.99. The van der Waals surface area contributed by atoms with E-state index in [4.69, 9.17) is 9.97 Å². The summed E-state index contributed by atoms with van der Waals surface area (Å²) in [6, 6.07) is 76.3. The highest BCUT2D eigenvalue weighted by Crippen LogP contribution is 2.40. The van der Waals surface area contributed by atoms with E-state index in [-0.39, 0.29) is 0 Å². The van der Waals surface area contributed by atoms with Gasteiger partial charge in [0, 0.05) is 33.0 Å². The number of nitrogens with zero attached hydrogens (tertiary/aromatic N) is 3. The summed E-state index contributed by atoms with van der Waals surface area (Å²) in [5.74, 6) is 0.698. The van der Waals surface area contributed by atoms with Gasteiger partial charge in [-0.15, -0.1) is 0 Å². The average molecular weight is 750 g/mol. The Morgan fingerprint density at radius 3 is 1.68 bits per heavy atom. The molecule has 0 atom stereocenters. The largest absolute Gasteiger partial charge is 0.309 e. The second-order valence-electron chi connectivity index (χ2n) is 15.4.